The number of esters is 1. The van der Waals surface area contributed by atoms with Crippen LogP contribution in [-0.2, 0) is 48.5 Å². The Hall–Kier alpha value is -4.42. The fourth-order valence-corrected chi connectivity index (χ4v) is 5.24. The van der Waals surface area contributed by atoms with Crippen molar-refractivity contribution < 1.29 is 33.4 Å². The molecule has 3 N–H and O–H groups in total. The number of nitrogens with one attached hydrogen (secondary N) is 3. The molecular formula is C33H48N6O7. The fraction of sp³-hybridized carbons (Fsp3) is 0.576. The number of benzene rings is 1. The van der Waals surface area contributed by atoms with Crippen molar-refractivity contribution in [1.82, 2.24) is 30.4 Å². The van der Waals surface area contributed by atoms with E-state index in [9.17, 15) is 24.0 Å². The summed E-state index contributed by atoms with van der Waals surface area (Å²) in [4.78, 5) is 72.5. The number of nitrogens with zero attached hydrogens (tertiary/aromatic N) is 3. The first-order chi connectivity index (χ1) is 21.6. The topological polar surface area (TPSA) is 161 Å². The van der Waals surface area contributed by atoms with E-state index in [1.807, 2.05) is 30.3 Å². The Balaban J connectivity index is 1.80. The minimum atomic E-state index is -1.43. The van der Waals surface area contributed by atoms with Gasteiger partial charge in [-0.05, 0) is 52.0 Å². The molecule has 2 aromatic rings. The van der Waals surface area contributed by atoms with Gasteiger partial charge in [0.15, 0.2) is 0 Å². The highest BCUT2D eigenvalue weighted by atomic mass is 16.6. The number of alkyl carbamates (subject to hydrolysis) is 1. The summed E-state index contributed by atoms with van der Waals surface area (Å²) in [7, 11) is 3.03. The molecule has 13 nitrogen and oxygen atoms in total. The third kappa shape index (κ3) is 9.30. The number of aryl methyl sites for hydroxylation is 1. The van der Waals surface area contributed by atoms with Crippen LogP contribution in [-0.4, -0.2) is 87.2 Å². The lowest BCUT2D eigenvalue weighted by atomic mass is 9.86. The Morgan fingerprint density at radius 3 is 2.24 bits per heavy atom. The molecule has 1 aliphatic rings. The van der Waals surface area contributed by atoms with Gasteiger partial charge in [-0.2, -0.15) is 0 Å². The van der Waals surface area contributed by atoms with Crippen molar-refractivity contribution >= 4 is 29.8 Å². The molecule has 4 amide bonds. The van der Waals surface area contributed by atoms with Crippen LogP contribution >= 0.6 is 0 Å². The highest BCUT2D eigenvalue weighted by Crippen LogP contribution is 2.24. The molecule has 2 heterocycles. The second-order valence-electron chi connectivity index (χ2n) is 13.2. The van der Waals surface area contributed by atoms with Gasteiger partial charge < -0.3 is 34.9 Å². The molecule has 3 rings (SSSR count). The molecule has 1 fully saturated rings. The molecule has 1 aromatic heterocycles. The normalized spacial score (nSPS) is 17.4. The number of rotatable bonds is 12. The summed E-state index contributed by atoms with van der Waals surface area (Å²) in [5, 5.41) is 8.35. The highest BCUT2D eigenvalue weighted by molar-refractivity contribution is 5.97. The summed E-state index contributed by atoms with van der Waals surface area (Å²) in [5.74, 6) is -2.51. The number of carbonyl (C=O) groups excluding carboxylic acids is 5. The molecule has 0 aliphatic carbocycles. The Morgan fingerprint density at radius 2 is 1.67 bits per heavy atom. The van der Waals surface area contributed by atoms with Crippen molar-refractivity contribution in [1.29, 1.82) is 0 Å². The van der Waals surface area contributed by atoms with Gasteiger partial charge >= 0.3 is 12.1 Å². The summed E-state index contributed by atoms with van der Waals surface area (Å²) in [5.41, 5.74) is -0.681. The molecule has 0 radical (unpaired) electrons. The number of likely N-dealkylation sites (tertiary alicyclic amines) is 1. The number of methoxy groups -OCH3 is 1. The lowest BCUT2D eigenvalue weighted by Crippen LogP contribution is -2.65. The molecule has 0 spiro atoms. The standard InChI is InChI=1S/C33H48N6O7/c1-21(2)33(6,30(43)35-25(29(42)45-8)17-22-13-10-9-11-14-22)37-27(40)26-15-12-16-39(26)28(41)24(18-23-19-34-20-38(23)7)36-31(44)46-32(3,4)5/h9-11,13-14,19-21,24-26H,12,15-18H2,1-8H3,(H,35,43)(H,36,44)(H,37,40)/t24-,25-,26+,33-/m0/s1. The third-order valence-electron chi connectivity index (χ3n) is 8.24. The maximum Gasteiger partial charge on any atom is 0.408 e. The van der Waals surface area contributed by atoms with Gasteiger partial charge in [0.2, 0.25) is 17.7 Å². The van der Waals surface area contributed by atoms with Crippen LogP contribution in [0, 0.1) is 5.92 Å². The van der Waals surface area contributed by atoms with Crippen LogP contribution in [0.25, 0.3) is 0 Å². The van der Waals surface area contributed by atoms with E-state index in [2.05, 4.69) is 20.9 Å². The van der Waals surface area contributed by atoms with Gasteiger partial charge in [-0.3, -0.25) is 14.4 Å². The van der Waals surface area contributed by atoms with Gasteiger partial charge in [-0.1, -0.05) is 44.2 Å². The molecule has 1 aromatic carbocycles. The van der Waals surface area contributed by atoms with Gasteiger partial charge in [0.05, 0.1) is 13.4 Å². The monoisotopic (exact) mass is 640 g/mol. The van der Waals surface area contributed by atoms with Crippen LogP contribution in [0.1, 0.15) is 65.6 Å². The quantitative estimate of drug-likeness (QED) is 0.298. The lowest BCUT2D eigenvalue weighted by Gasteiger charge is -2.37. The molecular weight excluding hydrogens is 592 g/mol. The van der Waals surface area contributed by atoms with E-state index in [1.165, 1.54) is 12.0 Å². The summed E-state index contributed by atoms with van der Waals surface area (Å²) >= 11 is 0. The average molecular weight is 641 g/mol. The Kier molecular flexibility index (Phi) is 11.9. The van der Waals surface area contributed by atoms with Crippen molar-refractivity contribution in [2.45, 2.75) is 96.5 Å². The number of hydrogen-bond acceptors (Lipinski definition) is 8. The summed E-state index contributed by atoms with van der Waals surface area (Å²) < 4.78 is 12.1. The van der Waals surface area contributed by atoms with E-state index in [0.29, 0.717) is 25.1 Å². The van der Waals surface area contributed by atoms with Crippen LogP contribution in [0.5, 0.6) is 0 Å². The highest BCUT2D eigenvalue weighted by Gasteiger charge is 2.44. The molecule has 46 heavy (non-hydrogen) atoms. The maximum atomic E-state index is 14.0. The molecule has 252 valence electrons. The number of amides is 4. The second-order valence-corrected chi connectivity index (χ2v) is 13.2. The van der Waals surface area contributed by atoms with Gasteiger partial charge in [0.1, 0.15) is 29.3 Å². The van der Waals surface area contributed by atoms with E-state index >= 15 is 0 Å². The van der Waals surface area contributed by atoms with E-state index in [0.717, 1.165) is 5.56 Å². The smallest absolute Gasteiger partial charge is 0.408 e. The van der Waals surface area contributed by atoms with E-state index in [4.69, 9.17) is 9.47 Å². The molecule has 1 saturated heterocycles. The van der Waals surface area contributed by atoms with Gasteiger partial charge in [-0.25, -0.2) is 14.6 Å². The van der Waals surface area contributed by atoms with Crippen LogP contribution < -0.4 is 16.0 Å². The Morgan fingerprint density at radius 1 is 1.00 bits per heavy atom. The largest absolute Gasteiger partial charge is 0.467 e. The van der Waals surface area contributed by atoms with Crippen LogP contribution in [0.2, 0.25) is 0 Å². The van der Waals surface area contributed by atoms with Crippen molar-refractivity contribution in [3.05, 3.63) is 54.1 Å². The summed E-state index contributed by atoms with van der Waals surface area (Å²) in [6, 6.07) is 6.32. The third-order valence-corrected chi connectivity index (χ3v) is 8.24. The van der Waals surface area contributed by atoms with E-state index in [1.54, 1.807) is 65.7 Å². The number of carbonyl (C=O) groups is 5. The zero-order chi connectivity index (χ0) is 34.2. The zero-order valence-corrected chi connectivity index (χ0v) is 28.1. The molecule has 4 atom stereocenters. The molecule has 13 heteroatoms. The second kappa shape index (κ2) is 15.2. The van der Waals surface area contributed by atoms with Crippen molar-refractivity contribution in [3.8, 4) is 0 Å². The first-order valence-electron chi connectivity index (χ1n) is 15.6. The summed E-state index contributed by atoms with van der Waals surface area (Å²) in [6.45, 7) is 10.6. The Bertz CT molecular complexity index is 1390. The van der Waals surface area contributed by atoms with Crippen molar-refractivity contribution in [3.63, 3.8) is 0 Å². The fourth-order valence-electron chi connectivity index (χ4n) is 5.24. The first kappa shape index (κ1) is 36.1. The first-order valence-corrected chi connectivity index (χ1v) is 15.6. The van der Waals surface area contributed by atoms with Gasteiger partial charge in [0, 0.05) is 38.3 Å². The lowest BCUT2D eigenvalue weighted by molar-refractivity contribution is -0.147. The Labute approximate surface area is 270 Å². The SMILES string of the molecule is COC(=O)[C@H](Cc1ccccc1)NC(=O)[C@@](C)(NC(=O)[C@H]1CCCN1C(=O)[C@H](Cc1cncn1C)NC(=O)OC(C)(C)C)C(C)C. The predicted octanol–water partition coefficient (Wildman–Crippen LogP) is 2.28. The van der Waals surface area contributed by atoms with Crippen LogP contribution in [0.15, 0.2) is 42.9 Å². The number of aromatic nitrogens is 2. The average Bonchev–Trinajstić information content (AvgIpc) is 3.64. The minimum absolute atomic E-state index is 0.127. The van der Waals surface area contributed by atoms with E-state index < -0.39 is 59.0 Å². The molecule has 0 bridgehead atoms. The van der Waals surface area contributed by atoms with Crippen LogP contribution in [0.3, 0.4) is 0 Å². The van der Waals surface area contributed by atoms with E-state index in [-0.39, 0.29) is 18.8 Å². The number of hydrogen-bond donors (Lipinski definition) is 3. The predicted molar refractivity (Wildman–Crippen MR) is 170 cm³/mol. The number of imidazole rings is 1. The van der Waals surface area contributed by atoms with Gasteiger partial charge in [-0.15, -0.1) is 0 Å². The van der Waals surface area contributed by atoms with Crippen molar-refractivity contribution in [2.24, 2.45) is 13.0 Å². The number of ether oxygens (including phenoxy) is 2. The van der Waals surface area contributed by atoms with Gasteiger partial charge in [0.25, 0.3) is 0 Å². The maximum absolute atomic E-state index is 14.0. The molecule has 0 saturated carbocycles. The summed E-state index contributed by atoms with van der Waals surface area (Å²) in [6.07, 6.45) is 3.71. The molecule has 1 aliphatic heterocycles. The molecule has 0 unspecified atom stereocenters. The van der Waals surface area contributed by atoms with Crippen LogP contribution in [0.4, 0.5) is 4.79 Å². The van der Waals surface area contributed by atoms with Crippen molar-refractivity contribution in [2.75, 3.05) is 13.7 Å². The zero-order valence-electron chi connectivity index (χ0n) is 28.1. The minimum Gasteiger partial charge on any atom is -0.467 e.